The molecule has 7 nitrogen and oxygen atoms in total. The van der Waals surface area contributed by atoms with Crippen LogP contribution in [0.25, 0.3) is 11.4 Å². The van der Waals surface area contributed by atoms with E-state index in [0.717, 1.165) is 34.2 Å². The maximum atomic E-state index is 6.00. The van der Waals surface area contributed by atoms with Gasteiger partial charge < -0.3 is 19.8 Å². The third-order valence-electron chi connectivity index (χ3n) is 5.19. The number of nitrogens with zero attached hydrogens (tertiary/aromatic N) is 3. The quantitative estimate of drug-likeness (QED) is 0.362. The van der Waals surface area contributed by atoms with E-state index in [1.54, 1.807) is 7.11 Å². The normalized spacial score (nSPS) is 11.3. The van der Waals surface area contributed by atoms with Crippen LogP contribution in [0.15, 0.2) is 54.7 Å². The number of rotatable bonds is 6. The van der Waals surface area contributed by atoms with Gasteiger partial charge in [0.25, 0.3) is 0 Å². The van der Waals surface area contributed by atoms with Crippen molar-refractivity contribution in [3.63, 3.8) is 0 Å². The molecule has 0 amide bonds. The Hall–Kier alpha value is -3.87. The van der Waals surface area contributed by atoms with Gasteiger partial charge in [-0.15, -0.1) is 0 Å². The molecule has 33 heavy (non-hydrogen) atoms. The van der Waals surface area contributed by atoms with Gasteiger partial charge in [0, 0.05) is 29.7 Å². The Balaban J connectivity index is 1.54. The maximum absolute atomic E-state index is 6.00. The number of benzene rings is 2. The molecule has 2 aromatic heterocycles. The van der Waals surface area contributed by atoms with Gasteiger partial charge in [0.05, 0.1) is 18.4 Å². The van der Waals surface area contributed by atoms with E-state index in [-0.39, 0.29) is 5.41 Å². The second-order valence-corrected chi connectivity index (χ2v) is 8.98. The smallest absolute Gasteiger partial charge is 0.230 e. The lowest BCUT2D eigenvalue weighted by molar-refractivity contribution is 0.416. The van der Waals surface area contributed by atoms with Gasteiger partial charge in [0.15, 0.2) is 0 Å². The van der Waals surface area contributed by atoms with E-state index in [0.29, 0.717) is 17.6 Å². The topological polar surface area (TPSA) is 84.9 Å². The molecule has 0 saturated carbocycles. The van der Waals surface area contributed by atoms with Crippen LogP contribution < -0.4 is 14.8 Å². The average Bonchev–Trinajstić information content (AvgIpc) is 3.19. The third kappa shape index (κ3) is 5.31. The molecular weight excluding hydrogens is 414 g/mol. The summed E-state index contributed by atoms with van der Waals surface area (Å²) >= 11 is 0. The number of hydrogen-bond donors (Lipinski definition) is 2. The molecule has 7 heteroatoms. The zero-order chi connectivity index (χ0) is 23.6. The molecule has 2 N–H and O–H groups in total. The van der Waals surface area contributed by atoms with Gasteiger partial charge in [-0.1, -0.05) is 32.9 Å². The van der Waals surface area contributed by atoms with E-state index >= 15 is 0 Å². The van der Waals surface area contributed by atoms with Crippen LogP contribution >= 0.6 is 0 Å². The van der Waals surface area contributed by atoms with Crippen molar-refractivity contribution >= 4 is 11.6 Å². The van der Waals surface area contributed by atoms with Crippen LogP contribution in [0.1, 0.15) is 37.7 Å². The fraction of sp³-hybridized carbons (Fsp3) is 0.269. The van der Waals surface area contributed by atoms with Crippen molar-refractivity contribution in [2.45, 2.75) is 40.0 Å². The highest BCUT2D eigenvalue weighted by atomic mass is 16.5. The summed E-state index contributed by atoms with van der Waals surface area (Å²) in [6, 6.07) is 15.7. The molecule has 0 aliphatic rings. The lowest BCUT2D eigenvalue weighted by Gasteiger charge is -2.19. The third-order valence-corrected chi connectivity index (χ3v) is 5.19. The summed E-state index contributed by atoms with van der Waals surface area (Å²) in [6.45, 7) is 10.4. The zero-order valence-electron chi connectivity index (χ0n) is 19.9. The molecule has 2 heterocycles. The van der Waals surface area contributed by atoms with Crippen molar-refractivity contribution in [1.82, 2.24) is 19.9 Å². The van der Waals surface area contributed by atoms with Crippen LogP contribution in [0.3, 0.4) is 0 Å². The first-order chi connectivity index (χ1) is 15.7. The summed E-state index contributed by atoms with van der Waals surface area (Å²) in [4.78, 5) is 16.7. The molecule has 0 atom stereocenters. The predicted molar refractivity (Wildman–Crippen MR) is 131 cm³/mol. The number of aryl methyl sites for hydroxylation is 2. The first kappa shape index (κ1) is 22.3. The zero-order valence-corrected chi connectivity index (χ0v) is 19.9. The molecule has 2 aromatic carbocycles. The second kappa shape index (κ2) is 8.94. The van der Waals surface area contributed by atoms with Crippen molar-refractivity contribution in [3.8, 4) is 28.8 Å². The summed E-state index contributed by atoms with van der Waals surface area (Å²) in [5.41, 5.74) is 4.73. The number of aromatic nitrogens is 4. The minimum Gasteiger partial charge on any atom is -0.496 e. The Kier molecular flexibility index (Phi) is 6.05. The summed E-state index contributed by atoms with van der Waals surface area (Å²) < 4.78 is 11.6. The molecule has 0 fully saturated rings. The van der Waals surface area contributed by atoms with Crippen LogP contribution in [0.4, 0.5) is 11.6 Å². The van der Waals surface area contributed by atoms with Crippen molar-refractivity contribution < 1.29 is 9.47 Å². The number of imidazole rings is 1. The van der Waals surface area contributed by atoms with Gasteiger partial charge in [0.1, 0.15) is 17.3 Å². The van der Waals surface area contributed by atoms with E-state index in [1.807, 2.05) is 56.4 Å². The Labute approximate surface area is 194 Å². The highest BCUT2D eigenvalue weighted by Crippen LogP contribution is 2.32. The molecule has 0 radical (unpaired) electrons. The van der Waals surface area contributed by atoms with Gasteiger partial charge in [0.2, 0.25) is 11.8 Å². The fourth-order valence-electron chi connectivity index (χ4n) is 3.44. The molecule has 0 saturated heterocycles. The van der Waals surface area contributed by atoms with Crippen LogP contribution in [0.2, 0.25) is 0 Å². The van der Waals surface area contributed by atoms with E-state index in [2.05, 4.69) is 58.2 Å². The van der Waals surface area contributed by atoms with Gasteiger partial charge in [-0.2, -0.15) is 4.98 Å². The van der Waals surface area contributed by atoms with Crippen molar-refractivity contribution in [3.05, 3.63) is 71.7 Å². The van der Waals surface area contributed by atoms with E-state index in [4.69, 9.17) is 9.47 Å². The lowest BCUT2D eigenvalue weighted by atomic mass is 9.87. The molecule has 4 rings (SSSR count). The number of H-pyrrole nitrogens is 1. The monoisotopic (exact) mass is 443 g/mol. The summed E-state index contributed by atoms with van der Waals surface area (Å²) in [5.74, 6) is 3.10. The molecular formula is C26H29N5O2. The van der Waals surface area contributed by atoms with Gasteiger partial charge in [-0.05, 0) is 49.1 Å². The molecule has 0 bridgehead atoms. The molecule has 0 spiro atoms. The van der Waals surface area contributed by atoms with Crippen molar-refractivity contribution in [1.29, 1.82) is 0 Å². The highest BCUT2D eigenvalue weighted by molar-refractivity contribution is 5.70. The van der Waals surface area contributed by atoms with Gasteiger partial charge in [-0.25, -0.2) is 9.97 Å². The van der Waals surface area contributed by atoms with Gasteiger partial charge >= 0.3 is 0 Å². The Morgan fingerprint density at radius 1 is 0.879 bits per heavy atom. The highest BCUT2D eigenvalue weighted by Gasteiger charge is 2.14. The van der Waals surface area contributed by atoms with Gasteiger partial charge in [-0.3, -0.25) is 0 Å². The number of hydrogen-bond acceptors (Lipinski definition) is 6. The van der Waals surface area contributed by atoms with Crippen LogP contribution in [-0.2, 0) is 5.41 Å². The standard InChI is InChI=1S/C26H29N5O2/c1-16-13-23(33-20-10-7-18(8-11-20)26(3,4)5)31-25(29-16)30-19-9-12-21(22(14-19)32-6)24-27-15-17(2)28-24/h7-15H,1-6H3,(H,27,28)(H,29,30,31). The number of anilines is 2. The largest absolute Gasteiger partial charge is 0.496 e. The van der Waals surface area contributed by atoms with Crippen molar-refractivity contribution in [2.24, 2.45) is 0 Å². The van der Waals surface area contributed by atoms with E-state index in [9.17, 15) is 0 Å². The first-order valence-corrected chi connectivity index (χ1v) is 10.8. The summed E-state index contributed by atoms with van der Waals surface area (Å²) in [6.07, 6.45) is 1.86. The Bertz CT molecular complexity index is 1260. The predicted octanol–water partition coefficient (Wildman–Crippen LogP) is 6.33. The fourth-order valence-corrected chi connectivity index (χ4v) is 3.44. The molecule has 0 unspecified atom stereocenters. The van der Waals surface area contributed by atoms with Crippen LogP contribution in [0.5, 0.6) is 17.4 Å². The Morgan fingerprint density at radius 2 is 1.64 bits per heavy atom. The minimum absolute atomic E-state index is 0.0908. The SMILES string of the molecule is COc1cc(Nc2nc(C)cc(Oc3ccc(C(C)(C)C)cc3)n2)ccc1-c1nc(C)c[nH]1. The lowest BCUT2D eigenvalue weighted by Crippen LogP contribution is -2.10. The van der Waals surface area contributed by atoms with Crippen LogP contribution in [-0.4, -0.2) is 27.0 Å². The number of ether oxygens (including phenoxy) is 2. The molecule has 0 aliphatic heterocycles. The average molecular weight is 444 g/mol. The summed E-state index contributed by atoms with van der Waals surface area (Å²) in [5, 5.41) is 3.25. The number of methoxy groups -OCH3 is 1. The maximum Gasteiger partial charge on any atom is 0.230 e. The summed E-state index contributed by atoms with van der Waals surface area (Å²) in [7, 11) is 1.64. The molecule has 170 valence electrons. The van der Waals surface area contributed by atoms with Crippen LogP contribution in [0, 0.1) is 13.8 Å². The Morgan fingerprint density at radius 3 is 2.27 bits per heavy atom. The first-order valence-electron chi connectivity index (χ1n) is 10.8. The number of aromatic amines is 1. The second-order valence-electron chi connectivity index (χ2n) is 8.98. The minimum atomic E-state index is 0.0908. The molecule has 0 aliphatic carbocycles. The van der Waals surface area contributed by atoms with E-state index < -0.39 is 0 Å². The van der Waals surface area contributed by atoms with E-state index in [1.165, 1.54) is 5.56 Å². The van der Waals surface area contributed by atoms with Crippen molar-refractivity contribution in [2.75, 3.05) is 12.4 Å². The molecule has 4 aromatic rings. The number of nitrogens with one attached hydrogen (secondary N) is 2.